The number of nitrogens with one attached hydrogen (secondary N) is 1. The van der Waals surface area contributed by atoms with Crippen molar-refractivity contribution in [3.05, 3.63) is 47.8 Å². The van der Waals surface area contributed by atoms with E-state index in [0.717, 1.165) is 44.0 Å². The van der Waals surface area contributed by atoms with Gasteiger partial charge in [-0.1, -0.05) is 18.2 Å². The van der Waals surface area contributed by atoms with E-state index < -0.39 is 0 Å². The number of hydrogen-bond donors (Lipinski definition) is 1. The number of likely N-dealkylation sites (tertiary alicyclic amines) is 1. The number of rotatable bonds is 4. The number of carbonyl (C=O) groups is 1. The minimum atomic E-state index is 0.0775. The molecule has 2 aromatic rings. The molecule has 0 spiro atoms. The lowest BCUT2D eigenvalue weighted by Crippen LogP contribution is -2.39. The molecule has 22 heavy (non-hydrogen) atoms. The molecule has 1 aromatic carbocycles. The lowest BCUT2D eigenvalue weighted by atomic mass is 9.97. The van der Waals surface area contributed by atoms with Crippen LogP contribution in [-0.4, -0.2) is 40.7 Å². The lowest BCUT2D eigenvalue weighted by Gasteiger charge is -2.31. The van der Waals surface area contributed by atoms with Gasteiger partial charge in [-0.05, 0) is 37.8 Å². The van der Waals surface area contributed by atoms with Crippen LogP contribution in [0.25, 0.3) is 0 Å². The molecule has 5 nitrogen and oxygen atoms in total. The fourth-order valence-electron chi connectivity index (χ4n) is 2.77. The van der Waals surface area contributed by atoms with Gasteiger partial charge in [0.1, 0.15) is 5.75 Å². The van der Waals surface area contributed by atoms with Gasteiger partial charge >= 0.3 is 0 Å². The van der Waals surface area contributed by atoms with Crippen molar-refractivity contribution in [3.63, 3.8) is 0 Å². The number of H-pyrrole nitrogens is 1. The first kappa shape index (κ1) is 14.6. The Hall–Kier alpha value is -2.30. The Morgan fingerprint density at radius 3 is 2.68 bits per heavy atom. The summed E-state index contributed by atoms with van der Waals surface area (Å²) in [6.07, 6.45) is 3.58. The number of aromatic nitrogens is 2. The molecule has 0 aliphatic carbocycles. The Morgan fingerprint density at radius 1 is 1.32 bits per heavy atom. The second kappa shape index (κ2) is 6.64. The zero-order valence-corrected chi connectivity index (χ0v) is 12.8. The van der Waals surface area contributed by atoms with Gasteiger partial charge < -0.3 is 9.64 Å². The summed E-state index contributed by atoms with van der Waals surface area (Å²) in [4.78, 5) is 14.3. The summed E-state index contributed by atoms with van der Waals surface area (Å²) in [6, 6.07) is 9.88. The molecule has 1 N–H and O–H groups in total. The molecule has 1 amide bonds. The quantitative estimate of drug-likeness (QED) is 0.944. The molecular formula is C17H21N3O2. The average molecular weight is 299 g/mol. The van der Waals surface area contributed by atoms with E-state index in [-0.39, 0.29) is 5.91 Å². The van der Waals surface area contributed by atoms with Gasteiger partial charge in [-0.25, -0.2) is 0 Å². The van der Waals surface area contributed by atoms with Gasteiger partial charge in [0, 0.05) is 18.8 Å². The molecule has 0 atom stereocenters. The molecular weight excluding hydrogens is 278 g/mol. The molecule has 116 valence electrons. The second-order valence-electron chi connectivity index (χ2n) is 5.77. The fourth-order valence-corrected chi connectivity index (χ4v) is 2.77. The number of benzene rings is 1. The van der Waals surface area contributed by atoms with Crippen LogP contribution in [0, 0.1) is 12.8 Å². The van der Waals surface area contributed by atoms with E-state index in [1.165, 1.54) is 0 Å². The van der Waals surface area contributed by atoms with Crippen molar-refractivity contribution in [1.82, 2.24) is 15.1 Å². The summed E-state index contributed by atoms with van der Waals surface area (Å²) in [5.74, 6) is 1.50. The van der Waals surface area contributed by atoms with E-state index in [0.29, 0.717) is 11.5 Å². The molecule has 0 radical (unpaired) electrons. The molecule has 0 bridgehead atoms. The first-order valence-corrected chi connectivity index (χ1v) is 7.71. The van der Waals surface area contributed by atoms with Crippen molar-refractivity contribution < 1.29 is 9.53 Å². The smallest absolute Gasteiger partial charge is 0.257 e. The molecule has 5 heteroatoms. The predicted octanol–water partition coefficient (Wildman–Crippen LogP) is 2.65. The first-order chi connectivity index (χ1) is 10.7. The minimum Gasteiger partial charge on any atom is -0.493 e. The molecule has 1 fully saturated rings. The largest absolute Gasteiger partial charge is 0.493 e. The zero-order valence-electron chi connectivity index (χ0n) is 12.8. The van der Waals surface area contributed by atoms with Gasteiger partial charge in [0.25, 0.3) is 5.91 Å². The van der Waals surface area contributed by atoms with Crippen LogP contribution in [0.15, 0.2) is 36.5 Å². The summed E-state index contributed by atoms with van der Waals surface area (Å²) in [7, 11) is 0. The van der Waals surface area contributed by atoms with Gasteiger partial charge in [-0.3, -0.25) is 9.89 Å². The van der Waals surface area contributed by atoms with Gasteiger partial charge in [-0.2, -0.15) is 5.10 Å². The van der Waals surface area contributed by atoms with Crippen LogP contribution in [0.1, 0.15) is 28.9 Å². The van der Waals surface area contributed by atoms with Crippen molar-refractivity contribution in [2.24, 2.45) is 5.92 Å². The maximum Gasteiger partial charge on any atom is 0.257 e. The third-order valence-corrected chi connectivity index (χ3v) is 4.19. The highest BCUT2D eigenvalue weighted by molar-refractivity contribution is 5.95. The van der Waals surface area contributed by atoms with Gasteiger partial charge in [0.2, 0.25) is 0 Å². The maximum absolute atomic E-state index is 12.4. The van der Waals surface area contributed by atoms with Crippen molar-refractivity contribution >= 4 is 5.91 Å². The van der Waals surface area contributed by atoms with Crippen molar-refractivity contribution in [2.75, 3.05) is 19.7 Å². The summed E-state index contributed by atoms with van der Waals surface area (Å²) in [5.41, 5.74) is 1.51. The standard InChI is InChI=1S/C17H21N3O2/c1-13-16(11-18-19-13)17(21)20-9-7-14(8-10-20)12-22-15-5-3-2-4-6-15/h2-6,11,14H,7-10,12H2,1H3,(H,18,19). The van der Waals surface area contributed by atoms with Crippen LogP contribution < -0.4 is 4.74 Å². The van der Waals surface area contributed by atoms with Crippen LogP contribution >= 0.6 is 0 Å². The Bertz CT molecular complexity index is 616. The average Bonchev–Trinajstić information content (AvgIpc) is 3.00. The van der Waals surface area contributed by atoms with E-state index >= 15 is 0 Å². The normalized spacial score (nSPS) is 15.8. The number of hydrogen-bond acceptors (Lipinski definition) is 3. The van der Waals surface area contributed by atoms with Crippen LogP contribution in [0.2, 0.25) is 0 Å². The van der Waals surface area contributed by atoms with Gasteiger partial charge in [-0.15, -0.1) is 0 Å². The van der Waals surface area contributed by atoms with Crippen molar-refractivity contribution in [3.8, 4) is 5.75 Å². The van der Waals surface area contributed by atoms with E-state index in [9.17, 15) is 4.79 Å². The molecule has 3 rings (SSSR count). The third kappa shape index (κ3) is 3.30. The van der Waals surface area contributed by atoms with Gasteiger partial charge in [0.05, 0.1) is 18.4 Å². The number of aryl methyl sites for hydroxylation is 1. The SMILES string of the molecule is Cc1[nH]ncc1C(=O)N1CCC(COc2ccccc2)CC1. The highest BCUT2D eigenvalue weighted by atomic mass is 16.5. The molecule has 0 unspecified atom stereocenters. The van der Waals surface area contributed by atoms with Gasteiger partial charge in [0.15, 0.2) is 0 Å². The number of nitrogens with zero attached hydrogens (tertiary/aromatic N) is 2. The summed E-state index contributed by atoms with van der Waals surface area (Å²) in [5, 5.41) is 6.74. The van der Waals surface area contributed by atoms with Crippen LogP contribution in [0.4, 0.5) is 0 Å². The summed E-state index contributed by atoms with van der Waals surface area (Å²) in [6.45, 7) is 4.16. The number of ether oxygens (including phenoxy) is 1. The molecule has 0 saturated carbocycles. The number of piperidine rings is 1. The molecule has 1 aliphatic heterocycles. The molecule has 1 saturated heterocycles. The lowest BCUT2D eigenvalue weighted by molar-refractivity contribution is 0.0660. The van der Waals surface area contributed by atoms with Crippen LogP contribution in [0.3, 0.4) is 0 Å². The Labute approximate surface area is 130 Å². The summed E-state index contributed by atoms with van der Waals surface area (Å²) >= 11 is 0. The molecule has 1 aromatic heterocycles. The monoisotopic (exact) mass is 299 g/mol. The maximum atomic E-state index is 12.4. The topological polar surface area (TPSA) is 58.2 Å². The predicted molar refractivity (Wildman–Crippen MR) is 83.9 cm³/mol. The number of carbonyl (C=O) groups excluding carboxylic acids is 1. The van der Waals surface area contributed by atoms with E-state index in [1.807, 2.05) is 42.2 Å². The number of para-hydroxylation sites is 1. The van der Waals surface area contributed by atoms with E-state index in [4.69, 9.17) is 4.74 Å². The first-order valence-electron chi connectivity index (χ1n) is 7.71. The summed E-state index contributed by atoms with van der Waals surface area (Å²) < 4.78 is 5.81. The number of aromatic amines is 1. The highest BCUT2D eigenvalue weighted by Gasteiger charge is 2.25. The molecule has 2 heterocycles. The number of amides is 1. The van der Waals surface area contributed by atoms with Crippen LogP contribution in [0.5, 0.6) is 5.75 Å². The Balaban J connectivity index is 1.48. The highest BCUT2D eigenvalue weighted by Crippen LogP contribution is 2.21. The van der Waals surface area contributed by atoms with Crippen molar-refractivity contribution in [2.45, 2.75) is 19.8 Å². The fraction of sp³-hybridized carbons (Fsp3) is 0.412. The van der Waals surface area contributed by atoms with E-state index in [1.54, 1.807) is 6.20 Å². The second-order valence-corrected chi connectivity index (χ2v) is 5.77. The van der Waals surface area contributed by atoms with E-state index in [2.05, 4.69) is 10.2 Å². The zero-order chi connectivity index (χ0) is 15.4. The minimum absolute atomic E-state index is 0.0775. The Kier molecular flexibility index (Phi) is 4.42. The Morgan fingerprint density at radius 2 is 2.05 bits per heavy atom. The van der Waals surface area contributed by atoms with Crippen molar-refractivity contribution in [1.29, 1.82) is 0 Å². The van der Waals surface area contributed by atoms with Crippen LogP contribution in [-0.2, 0) is 0 Å². The third-order valence-electron chi connectivity index (χ3n) is 4.19. The molecule has 1 aliphatic rings.